The zero-order chi connectivity index (χ0) is 26.8. The number of hydrogen-bond donors (Lipinski definition) is 4. The van der Waals surface area contributed by atoms with E-state index in [0.29, 0.717) is 22.3 Å². The van der Waals surface area contributed by atoms with Crippen molar-refractivity contribution in [3.63, 3.8) is 0 Å². The number of benzene rings is 2. The highest BCUT2D eigenvalue weighted by Gasteiger charge is 2.33. The predicted molar refractivity (Wildman–Crippen MR) is 132 cm³/mol. The van der Waals surface area contributed by atoms with Crippen molar-refractivity contribution >= 4 is 17.6 Å². The smallest absolute Gasteiger partial charge is 0.304 e. The monoisotopic (exact) mass is 501 g/mol. The number of Topliss-reactive ketones (excluding diaryl/α,β-unsaturated/α-hetero) is 1. The van der Waals surface area contributed by atoms with E-state index in [9.17, 15) is 14.7 Å². The number of phenolic OH excluding ortho intramolecular Hbond substituents is 1. The molecule has 2 aromatic rings. The van der Waals surface area contributed by atoms with Crippen LogP contribution in [-0.4, -0.2) is 60.0 Å². The molecule has 0 amide bonds. The van der Waals surface area contributed by atoms with Crippen LogP contribution in [0.4, 0.5) is 4.39 Å². The third kappa shape index (κ3) is 5.43. The Labute approximate surface area is 209 Å². The number of carbonyl (C=O) groups is 2. The fraction of sp³-hybridized carbons (Fsp3) is 0.423. The van der Waals surface area contributed by atoms with Crippen LogP contribution in [0, 0.1) is 11.2 Å². The normalized spacial score (nSPS) is 13.1. The van der Waals surface area contributed by atoms with Gasteiger partial charge in [-0.2, -0.15) is 0 Å². The largest absolute Gasteiger partial charge is 0.507 e. The molecule has 10 heteroatoms. The number of aromatic hydroxyl groups is 1. The quantitative estimate of drug-likeness (QED) is 0.288. The van der Waals surface area contributed by atoms with Crippen molar-refractivity contribution in [3.8, 4) is 17.2 Å². The molecule has 1 aliphatic heterocycles. The summed E-state index contributed by atoms with van der Waals surface area (Å²) in [4.78, 5) is 25.6. The van der Waals surface area contributed by atoms with Gasteiger partial charge in [-0.3, -0.25) is 15.0 Å². The summed E-state index contributed by atoms with van der Waals surface area (Å²) in [7, 11) is 2.72. The van der Waals surface area contributed by atoms with Gasteiger partial charge in [0.25, 0.3) is 0 Å². The van der Waals surface area contributed by atoms with Gasteiger partial charge in [-0.05, 0) is 29.2 Å². The molecule has 1 heterocycles. The molecular weight excluding hydrogens is 469 g/mol. The number of rotatable bonds is 10. The van der Waals surface area contributed by atoms with Gasteiger partial charge in [0.15, 0.2) is 23.1 Å². The van der Waals surface area contributed by atoms with E-state index >= 15 is 4.39 Å². The Morgan fingerprint density at radius 3 is 2.47 bits per heavy atom. The second-order valence-electron chi connectivity index (χ2n) is 9.69. The summed E-state index contributed by atoms with van der Waals surface area (Å²) in [6.07, 6.45) is -0.0741. The van der Waals surface area contributed by atoms with Crippen molar-refractivity contribution in [1.29, 1.82) is 5.41 Å². The van der Waals surface area contributed by atoms with E-state index in [0.717, 1.165) is 0 Å². The lowest BCUT2D eigenvalue weighted by Gasteiger charge is -2.24. The Bertz CT molecular complexity index is 1210. The van der Waals surface area contributed by atoms with E-state index in [-0.39, 0.29) is 67.0 Å². The molecule has 36 heavy (non-hydrogen) atoms. The molecule has 1 aliphatic rings. The molecule has 4 N–H and O–H groups in total. The van der Waals surface area contributed by atoms with Crippen LogP contribution in [0.2, 0.25) is 0 Å². The summed E-state index contributed by atoms with van der Waals surface area (Å²) < 4.78 is 25.4. The van der Waals surface area contributed by atoms with Crippen LogP contribution >= 0.6 is 0 Å². The van der Waals surface area contributed by atoms with Crippen molar-refractivity contribution in [2.24, 2.45) is 0 Å². The Hall–Kier alpha value is -3.66. The first-order valence-electron chi connectivity index (χ1n) is 11.5. The van der Waals surface area contributed by atoms with E-state index in [1.807, 2.05) is 20.8 Å². The molecule has 9 nitrogen and oxygen atoms in total. The highest BCUT2D eigenvalue weighted by Crippen LogP contribution is 2.39. The number of carboxylic acid groups (broad SMARTS) is 1. The maximum atomic E-state index is 15.1. The van der Waals surface area contributed by atoms with Crippen LogP contribution in [0.15, 0.2) is 18.2 Å². The first-order valence-corrected chi connectivity index (χ1v) is 11.5. The fourth-order valence-corrected chi connectivity index (χ4v) is 4.20. The molecule has 0 unspecified atom stereocenters. The summed E-state index contributed by atoms with van der Waals surface area (Å²) >= 11 is 0. The first-order chi connectivity index (χ1) is 16.9. The van der Waals surface area contributed by atoms with E-state index < -0.39 is 17.2 Å². The van der Waals surface area contributed by atoms with E-state index in [1.165, 1.54) is 19.1 Å². The highest BCUT2D eigenvalue weighted by atomic mass is 19.1. The number of ether oxygens (including phenoxy) is 2. The Morgan fingerprint density at radius 2 is 1.89 bits per heavy atom. The maximum absolute atomic E-state index is 15.1. The van der Waals surface area contributed by atoms with Gasteiger partial charge in [0, 0.05) is 36.3 Å². The fourth-order valence-electron chi connectivity index (χ4n) is 4.20. The third-order valence-corrected chi connectivity index (χ3v) is 6.09. The second kappa shape index (κ2) is 10.5. The van der Waals surface area contributed by atoms with E-state index in [1.54, 1.807) is 18.2 Å². The standard InChI is InChI=1S/C26H32FN3O6/c1-26(2,3)17-9-14(8-15(23(17)34)11-29-7-6-20(32)33)18(31)13-30-12-16-10-19(35-4)24(36-5)22(27)21(16)25(30)28/h8-10,28-29,34H,6-7,11-13H2,1-5H3,(H,32,33). The van der Waals surface area contributed by atoms with Crippen LogP contribution in [0.3, 0.4) is 0 Å². The lowest BCUT2D eigenvalue weighted by Crippen LogP contribution is -2.31. The zero-order valence-corrected chi connectivity index (χ0v) is 21.1. The van der Waals surface area contributed by atoms with Gasteiger partial charge < -0.3 is 29.9 Å². The second-order valence-corrected chi connectivity index (χ2v) is 9.69. The van der Waals surface area contributed by atoms with Crippen molar-refractivity contribution in [3.05, 3.63) is 51.8 Å². The molecule has 0 aliphatic carbocycles. The van der Waals surface area contributed by atoms with Crippen molar-refractivity contribution in [2.75, 3.05) is 27.3 Å². The average molecular weight is 502 g/mol. The lowest BCUT2D eigenvalue weighted by molar-refractivity contribution is -0.136. The van der Waals surface area contributed by atoms with Crippen molar-refractivity contribution in [2.45, 2.75) is 45.7 Å². The molecule has 0 radical (unpaired) electrons. The summed E-state index contributed by atoms with van der Waals surface area (Å²) in [6.45, 7) is 6.11. The van der Waals surface area contributed by atoms with Gasteiger partial charge in [-0.1, -0.05) is 20.8 Å². The number of halogens is 1. The zero-order valence-electron chi connectivity index (χ0n) is 21.1. The van der Waals surface area contributed by atoms with Crippen LogP contribution in [0.5, 0.6) is 17.2 Å². The Morgan fingerprint density at radius 1 is 1.19 bits per heavy atom. The topological polar surface area (TPSA) is 132 Å². The number of nitrogens with zero attached hydrogens (tertiary/aromatic N) is 1. The molecule has 0 saturated carbocycles. The minimum atomic E-state index is -0.938. The maximum Gasteiger partial charge on any atom is 0.304 e. The molecule has 0 spiro atoms. The van der Waals surface area contributed by atoms with Gasteiger partial charge in [-0.25, -0.2) is 4.39 Å². The number of carboxylic acids is 1. The molecule has 2 aromatic carbocycles. The minimum absolute atomic E-state index is 0.0458. The molecule has 0 bridgehead atoms. The summed E-state index contributed by atoms with van der Waals surface area (Å²) in [5.41, 5.74) is 1.51. The minimum Gasteiger partial charge on any atom is -0.507 e. The third-order valence-electron chi connectivity index (χ3n) is 6.09. The van der Waals surface area contributed by atoms with Crippen LogP contribution in [-0.2, 0) is 23.3 Å². The first kappa shape index (κ1) is 26.9. The molecule has 0 saturated heterocycles. The summed E-state index contributed by atoms with van der Waals surface area (Å²) in [5.74, 6) is -1.91. The Kier molecular flexibility index (Phi) is 7.88. The number of aliphatic carboxylic acids is 1. The number of carbonyl (C=O) groups excluding carboxylic acids is 1. The van der Waals surface area contributed by atoms with Gasteiger partial charge in [0.1, 0.15) is 11.6 Å². The molecule has 3 rings (SSSR count). The highest BCUT2D eigenvalue weighted by molar-refractivity contribution is 6.06. The predicted octanol–water partition coefficient (Wildman–Crippen LogP) is 3.43. The Balaban J connectivity index is 1.88. The lowest BCUT2D eigenvalue weighted by atomic mass is 9.83. The van der Waals surface area contributed by atoms with Gasteiger partial charge >= 0.3 is 5.97 Å². The molecule has 0 atom stereocenters. The summed E-state index contributed by atoms with van der Waals surface area (Å²) in [5, 5.41) is 31.1. The molecule has 194 valence electrons. The van der Waals surface area contributed by atoms with Crippen LogP contribution in [0.25, 0.3) is 0 Å². The van der Waals surface area contributed by atoms with Gasteiger partial charge in [-0.15, -0.1) is 0 Å². The van der Waals surface area contributed by atoms with Crippen molar-refractivity contribution in [1.82, 2.24) is 10.2 Å². The number of methoxy groups -OCH3 is 2. The number of phenols is 1. The van der Waals surface area contributed by atoms with Crippen LogP contribution in [0.1, 0.15) is 59.8 Å². The van der Waals surface area contributed by atoms with Crippen LogP contribution < -0.4 is 14.8 Å². The average Bonchev–Trinajstić information content (AvgIpc) is 3.11. The molecule has 0 aromatic heterocycles. The number of amidine groups is 1. The SMILES string of the molecule is COc1cc2c(c(F)c1OC)C(=N)N(CC(=O)c1cc(CNCCC(=O)O)c(O)c(C(C)(C)C)c1)C2. The number of hydrogen-bond acceptors (Lipinski definition) is 7. The van der Waals surface area contributed by atoms with E-state index in [4.69, 9.17) is 20.0 Å². The molecule has 0 fully saturated rings. The molecular formula is C26H32FN3O6. The number of ketones is 1. The van der Waals surface area contributed by atoms with E-state index in [2.05, 4.69) is 5.32 Å². The van der Waals surface area contributed by atoms with Gasteiger partial charge in [0.2, 0.25) is 0 Å². The number of fused-ring (bicyclic) bond motifs is 1. The summed E-state index contributed by atoms with van der Waals surface area (Å²) in [6, 6.07) is 4.81. The van der Waals surface area contributed by atoms with Crippen molar-refractivity contribution < 1.29 is 33.7 Å². The number of nitrogens with one attached hydrogen (secondary N) is 2. The van der Waals surface area contributed by atoms with Gasteiger partial charge in [0.05, 0.1) is 32.7 Å².